The SMILES string of the molecule is C=C/C(=C1\C(=C/c2ccccc2)[C@@H](O)[C@H]1O)[Si](C)(C)C. The summed E-state index contributed by atoms with van der Waals surface area (Å²) in [5.74, 6) is 0. The predicted octanol–water partition coefficient (Wildman–Crippen LogP) is 3.17. The van der Waals surface area contributed by atoms with Crippen molar-refractivity contribution in [1.29, 1.82) is 0 Å². The van der Waals surface area contributed by atoms with Gasteiger partial charge in [-0.1, -0.05) is 67.8 Å². The third-order valence-electron chi connectivity index (χ3n) is 3.65. The van der Waals surface area contributed by atoms with E-state index in [4.69, 9.17) is 0 Å². The first-order valence-corrected chi connectivity index (χ1v) is 10.4. The van der Waals surface area contributed by atoms with Crippen molar-refractivity contribution in [2.75, 3.05) is 0 Å². The smallest absolute Gasteiger partial charge is 0.109 e. The molecule has 0 aliphatic heterocycles. The highest BCUT2D eigenvalue weighted by molar-refractivity contribution is 6.84. The molecule has 1 fully saturated rings. The van der Waals surface area contributed by atoms with E-state index in [-0.39, 0.29) is 0 Å². The average molecular weight is 286 g/mol. The van der Waals surface area contributed by atoms with Gasteiger partial charge >= 0.3 is 0 Å². The van der Waals surface area contributed by atoms with Gasteiger partial charge in [-0.15, -0.1) is 0 Å². The highest BCUT2D eigenvalue weighted by atomic mass is 28.3. The van der Waals surface area contributed by atoms with Crippen LogP contribution in [0.5, 0.6) is 0 Å². The Kier molecular flexibility index (Phi) is 4.13. The second-order valence-corrected chi connectivity index (χ2v) is 11.2. The molecule has 1 saturated carbocycles. The van der Waals surface area contributed by atoms with E-state index in [0.717, 1.165) is 21.9 Å². The van der Waals surface area contributed by atoms with Crippen molar-refractivity contribution in [3.05, 3.63) is 64.9 Å². The van der Waals surface area contributed by atoms with Gasteiger partial charge in [-0.3, -0.25) is 0 Å². The molecular formula is C17H22O2Si. The van der Waals surface area contributed by atoms with Gasteiger partial charge in [-0.2, -0.15) is 0 Å². The van der Waals surface area contributed by atoms with Gasteiger partial charge in [0, 0.05) is 0 Å². The Morgan fingerprint density at radius 1 is 1.10 bits per heavy atom. The molecule has 1 aliphatic rings. The molecule has 0 unspecified atom stereocenters. The second kappa shape index (κ2) is 5.52. The molecule has 0 bridgehead atoms. The molecule has 1 aromatic rings. The molecule has 3 heteroatoms. The molecule has 2 rings (SSSR count). The Bertz CT molecular complexity index is 564. The van der Waals surface area contributed by atoms with Crippen LogP contribution in [0.3, 0.4) is 0 Å². The molecular weight excluding hydrogens is 264 g/mol. The number of rotatable bonds is 3. The molecule has 2 atom stereocenters. The van der Waals surface area contributed by atoms with Crippen LogP contribution in [-0.4, -0.2) is 30.5 Å². The minimum Gasteiger partial charge on any atom is -0.385 e. The first-order chi connectivity index (χ1) is 9.36. The lowest BCUT2D eigenvalue weighted by atomic mass is 9.78. The summed E-state index contributed by atoms with van der Waals surface area (Å²) >= 11 is 0. The normalized spacial score (nSPS) is 27.1. The Hall–Kier alpha value is -1.42. The fourth-order valence-corrected chi connectivity index (χ4v) is 4.30. The van der Waals surface area contributed by atoms with E-state index in [2.05, 4.69) is 26.2 Å². The lowest BCUT2D eigenvalue weighted by Crippen LogP contribution is -2.45. The van der Waals surface area contributed by atoms with Crippen LogP contribution in [0, 0.1) is 0 Å². The van der Waals surface area contributed by atoms with E-state index in [1.54, 1.807) is 0 Å². The monoisotopic (exact) mass is 286 g/mol. The molecule has 1 aliphatic carbocycles. The number of hydrogen-bond acceptors (Lipinski definition) is 2. The third kappa shape index (κ3) is 2.70. The summed E-state index contributed by atoms with van der Waals surface area (Å²) in [6.45, 7) is 10.5. The van der Waals surface area contributed by atoms with Gasteiger partial charge in [-0.05, 0) is 22.8 Å². The summed E-state index contributed by atoms with van der Waals surface area (Å²) in [6.07, 6.45) is 2.22. The highest BCUT2D eigenvalue weighted by Crippen LogP contribution is 2.40. The molecule has 0 saturated heterocycles. The zero-order valence-electron chi connectivity index (χ0n) is 12.3. The quantitative estimate of drug-likeness (QED) is 0.838. The number of allylic oxidation sites excluding steroid dienone is 2. The summed E-state index contributed by atoms with van der Waals surface area (Å²) < 4.78 is 0. The number of aliphatic hydroxyl groups is 2. The molecule has 0 radical (unpaired) electrons. The van der Waals surface area contributed by atoms with E-state index in [0.29, 0.717) is 0 Å². The van der Waals surface area contributed by atoms with Crippen LogP contribution >= 0.6 is 0 Å². The van der Waals surface area contributed by atoms with Crippen molar-refractivity contribution < 1.29 is 10.2 Å². The molecule has 0 aromatic heterocycles. The van der Waals surface area contributed by atoms with Crippen molar-refractivity contribution >= 4 is 14.1 Å². The summed E-state index contributed by atoms with van der Waals surface area (Å²) in [5, 5.41) is 21.3. The fourth-order valence-electron chi connectivity index (χ4n) is 2.59. The summed E-state index contributed by atoms with van der Waals surface area (Å²) in [5.41, 5.74) is 2.72. The average Bonchev–Trinajstić information content (AvgIpc) is 2.42. The molecule has 20 heavy (non-hydrogen) atoms. The van der Waals surface area contributed by atoms with Gasteiger partial charge in [-0.25, -0.2) is 0 Å². The Morgan fingerprint density at radius 3 is 2.20 bits per heavy atom. The highest BCUT2D eigenvalue weighted by Gasteiger charge is 2.42. The van der Waals surface area contributed by atoms with Crippen molar-refractivity contribution in [1.82, 2.24) is 0 Å². The minimum absolute atomic E-state index is 0.787. The van der Waals surface area contributed by atoms with Crippen molar-refractivity contribution in [2.45, 2.75) is 31.8 Å². The fraction of sp³-hybridized carbons (Fsp3) is 0.294. The van der Waals surface area contributed by atoms with Gasteiger partial charge in [0.1, 0.15) is 12.2 Å². The first-order valence-electron chi connectivity index (χ1n) is 6.86. The zero-order chi connectivity index (χ0) is 14.9. The van der Waals surface area contributed by atoms with E-state index in [1.165, 1.54) is 0 Å². The Balaban J connectivity index is 2.50. The van der Waals surface area contributed by atoms with Gasteiger partial charge < -0.3 is 10.2 Å². The van der Waals surface area contributed by atoms with E-state index in [9.17, 15) is 10.2 Å². The summed E-state index contributed by atoms with van der Waals surface area (Å²) in [6, 6.07) is 9.87. The van der Waals surface area contributed by atoms with Crippen LogP contribution in [0.15, 0.2) is 59.3 Å². The van der Waals surface area contributed by atoms with Crippen LogP contribution in [0.2, 0.25) is 19.6 Å². The van der Waals surface area contributed by atoms with Gasteiger partial charge in [0.15, 0.2) is 0 Å². The van der Waals surface area contributed by atoms with Crippen molar-refractivity contribution in [3.8, 4) is 0 Å². The lowest BCUT2D eigenvalue weighted by Gasteiger charge is -2.39. The van der Waals surface area contributed by atoms with Gasteiger partial charge in [0.25, 0.3) is 0 Å². The maximum Gasteiger partial charge on any atom is 0.109 e. The molecule has 0 spiro atoms. The van der Waals surface area contributed by atoms with Gasteiger partial charge in [0.2, 0.25) is 0 Å². The van der Waals surface area contributed by atoms with E-state index in [1.807, 2.05) is 42.5 Å². The lowest BCUT2D eigenvalue weighted by molar-refractivity contribution is 0.0353. The minimum atomic E-state index is -1.60. The molecule has 1 aromatic carbocycles. The number of benzene rings is 1. The molecule has 0 amide bonds. The largest absolute Gasteiger partial charge is 0.385 e. The van der Waals surface area contributed by atoms with Crippen LogP contribution < -0.4 is 0 Å². The summed E-state index contributed by atoms with van der Waals surface area (Å²) in [7, 11) is -1.60. The number of aliphatic hydroxyl groups excluding tert-OH is 2. The van der Waals surface area contributed by atoms with Crippen LogP contribution in [0.4, 0.5) is 0 Å². The van der Waals surface area contributed by atoms with E-state index < -0.39 is 20.3 Å². The van der Waals surface area contributed by atoms with Crippen LogP contribution in [-0.2, 0) is 0 Å². The standard InChI is InChI=1S/C17H22O2Si/c1-5-14(20(2,3)4)15-13(16(18)17(15)19)11-12-9-7-6-8-10-12/h5-11,16-19H,1H2,2-4H3/b13-11+,15-14-/t16-,17+/m1/s1. The predicted molar refractivity (Wildman–Crippen MR) is 87.0 cm³/mol. The number of hydrogen-bond donors (Lipinski definition) is 2. The topological polar surface area (TPSA) is 40.5 Å². The maximum atomic E-state index is 10.1. The zero-order valence-corrected chi connectivity index (χ0v) is 13.3. The van der Waals surface area contributed by atoms with Crippen molar-refractivity contribution in [2.24, 2.45) is 0 Å². The van der Waals surface area contributed by atoms with Gasteiger partial charge in [0.05, 0.1) is 8.07 Å². The third-order valence-corrected chi connectivity index (χ3v) is 5.74. The first kappa shape index (κ1) is 15.0. The Morgan fingerprint density at radius 2 is 1.70 bits per heavy atom. The second-order valence-electron chi connectivity index (χ2n) is 6.18. The summed E-state index contributed by atoms with van der Waals surface area (Å²) in [4.78, 5) is 0. The van der Waals surface area contributed by atoms with Crippen molar-refractivity contribution in [3.63, 3.8) is 0 Å². The molecule has 106 valence electrons. The van der Waals surface area contributed by atoms with E-state index >= 15 is 0 Å². The molecule has 2 N–H and O–H groups in total. The van der Waals surface area contributed by atoms with Crippen LogP contribution in [0.25, 0.3) is 6.08 Å². The molecule has 2 nitrogen and oxygen atoms in total. The maximum absolute atomic E-state index is 10.1. The molecule has 0 heterocycles. The Labute approximate surface area is 121 Å². The van der Waals surface area contributed by atoms with Crippen LogP contribution in [0.1, 0.15) is 5.56 Å².